The molecule has 2 amide bonds. The molecule has 0 unspecified atom stereocenters. The number of amides is 2. The van der Waals surface area contributed by atoms with E-state index in [1.54, 1.807) is 22.9 Å². The van der Waals surface area contributed by atoms with Crippen molar-refractivity contribution in [2.24, 2.45) is 0 Å². The van der Waals surface area contributed by atoms with Gasteiger partial charge < -0.3 is 0 Å². The van der Waals surface area contributed by atoms with E-state index < -0.39 is 0 Å². The van der Waals surface area contributed by atoms with Crippen LogP contribution >= 0.6 is 22.7 Å². The van der Waals surface area contributed by atoms with E-state index >= 15 is 0 Å². The van der Waals surface area contributed by atoms with Gasteiger partial charge in [0.1, 0.15) is 16.4 Å². The Balaban J connectivity index is 1.61. The van der Waals surface area contributed by atoms with Crippen LogP contribution in [0.5, 0.6) is 0 Å². The van der Waals surface area contributed by atoms with E-state index in [9.17, 15) is 9.59 Å². The van der Waals surface area contributed by atoms with Gasteiger partial charge in [-0.05, 0) is 38.3 Å². The molecule has 25 heavy (non-hydrogen) atoms. The number of thiophene rings is 1. The number of thiazole rings is 1. The summed E-state index contributed by atoms with van der Waals surface area (Å²) in [6.07, 6.45) is 0. The lowest BCUT2D eigenvalue weighted by molar-refractivity contribution is -0.122. The van der Waals surface area contributed by atoms with Gasteiger partial charge in [-0.2, -0.15) is 5.10 Å². The molecule has 0 aliphatic carbocycles. The monoisotopic (exact) mass is 375 g/mol. The first-order chi connectivity index (χ1) is 11.9. The number of rotatable bonds is 4. The summed E-state index contributed by atoms with van der Waals surface area (Å²) in [5.41, 5.74) is 7.23. The fraction of sp³-hybridized carbons (Fsp3) is 0.250. The van der Waals surface area contributed by atoms with Crippen LogP contribution in [0.15, 0.2) is 23.6 Å². The molecule has 0 aliphatic rings. The average Bonchev–Trinajstić information content (AvgIpc) is 3.26. The summed E-state index contributed by atoms with van der Waals surface area (Å²) in [6.45, 7) is 5.56. The quantitative estimate of drug-likeness (QED) is 0.686. The number of aromatic nitrogens is 3. The van der Waals surface area contributed by atoms with Crippen molar-refractivity contribution in [3.05, 3.63) is 45.5 Å². The lowest BCUT2D eigenvalue weighted by Crippen LogP contribution is -2.43. The zero-order valence-corrected chi connectivity index (χ0v) is 15.6. The van der Waals surface area contributed by atoms with Crippen LogP contribution < -0.4 is 10.9 Å². The third-order valence-corrected chi connectivity index (χ3v) is 5.64. The Morgan fingerprint density at radius 1 is 1.24 bits per heavy atom. The van der Waals surface area contributed by atoms with E-state index in [-0.39, 0.29) is 18.4 Å². The van der Waals surface area contributed by atoms with Crippen LogP contribution in [0.2, 0.25) is 0 Å². The molecule has 0 aromatic carbocycles. The Morgan fingerprint density at radius 3 is 2.68 bits per heavy atom. The van der Waals surface area contributed by atoms with Crippen molar-refractivity contribution < 1.29 is 9.59 Å². The van der Waals surface area contributed by atoms with Gasteiger partial charge in [0.25, 0.3) is 11.8 Å². The van der Waals surface area contributed by atoms with Crippen molar-refractivity contribution in [1.82, 2.24) is 25.6 Å². The van der Waals surface area contributed by atoms with Crippen molar-refractivity contribution in [3.63, 3.8) is 0 Å². The normalized spacial score (nSPS) is 10.7. The van der Waals surface area contributed by atoms with Crippen LogP contribution in [-0.2, 0) is 11.3 Å². The lowest BCUT2D eigenvalue weighted by atomic mass is 10.4. The summed E-state index contributed by atoms with van der Waals surface area (Å²) in [7, 11) is 0. The highest BCUT2D eigenvalue weighted by molar-refractivity contribution is 7.22. The van der Waals surface area contributed by atoms with Gasteiger partial charge in [0, 0.05) is 5.69 Å². The maximum atomic E-state index is 12.3. The van der Waals surface area contributed by atoms with Crippen molar-refractivity contribution in [1.29, 1.82) is 0 Å². The topological polar surface area (TPSA) is 88.9 Å². The molecule has 0 radical (unpaired) electrons. The van der Waals surface area contributed by atoms with Gasteiger partial charge in [-0.3, -0.25) is 25.1 Å². The molecule has 0 atom stereocenters. The third-order valence-electron chi connectivity index (χ3n) is 3.45. The molecule has 7 nitrogen and oxygen atoms in total. The van der Waals surface area contributed by atoms with Gasteiger partial charge in [0.05, 0.1) is 16.3 Å². The predicted octanol–water partition coefficient (Wildman–Crippen LogP) is 2.45. The van der Waals surface area contributed by atoms with E-state index in [1.165, 1.54) is 11.3 Å². The Hall–Kier alpha value is -2.52. The molecule has 3 rings (SSSR count). The van der Waals surface area contributed by atoms with E-state index in [1.807, 2.05) is 37.4 Å². The molecular formula is C16H17N5O2S2. The molecule has 2 N–H and O–H groups in total. The summed E-state index contributed by atoms with van der Waals surface area (Å²) in [6, 6.07) is 5.79. The van der Waals surface area contributed by atoms with Crippen LogP contribution in [-0.4, -0.2) is 26.6 Å². The van der Waals surface area contributed by atoms with Crippen LogP contribution in [0.4, 0.5) is 0 Å². The van der Waals surface area contributed by atoms with E-state index in [2.05, 4.69) is 20.9 Å². The number of hydrazine groups is 1. The first-order valence-corrected chi connectivity index (χ1v) is 9.25. The van der Waals surface area contributed by atoms with E-state index in [0.717, 1.165) is 21.3 Å². The molecule has 0 saturated carbocycles. The standard InChI is InChI=1S/C16H17N5O2S2/c1-9-7-10(2)21(20-9)8-13(22)18-19-15(23)14-11(3)17-16(25-14)12-5-4-6-24-12/h4-7H,8H2,1-3H3,(H,18,22)(H,19,23). The number of aryl methyl sites for hydroxylation is 3. The first kappa shape index (κ1) is 17.3. The highest BCUT2D eigenvalue weighted by Gasteiger charge is 2.17. The smallest absolute Gasteiger partial charge is 0.271 e. The number of carbonyl (C=O) groups is 2. The highest BCUT2D eigenvalue weighted by atomic mass is 32.1. The summed E-state index contributed by atoms with van der Waals surface area (Å²) < 4.78 is 1.59. The molecule has 0 saturated heterocycles. The molecule has 9 heteroatoms. The van der Waals surface area contributed by atoms with Crippen LogP contribution in [0.25, 0.3) is 9.88 Å². The fourth-order valence-electron chi connectivity index (χ4n) is 2.31. The van der Waals surface area contributed by atoms with Crippen molar-refractivity contribution in [2.75, 3.05) is 0 Å². The average molecular weight is 375 g/mol. The van der Waals surface area contributed by atoms with Gasteiger partial charge in [0.2, 0.25) is 0 Å². The van der Waals surface area contributed by atoms with Crippen molar-refractivity contribution in [3.8, 4) is 9.88 Å². The first-order valence-electron chi connectivity index (χ1n) is 7.55. The van der Waals surface area contributed by atoms with E-state index in [0.29, 0.717) is 10.6 Å². The second-order valence-corrected chi connectivity index (χ2v) is 7.44. The number of nitrogens with zero attached hydrogens (tertiary/aromatic N) is 3. The van der Waals surface area contributed by atoms with E-state index in [4.69, 9.17) is 0 Å². The zero-order valence-electron chi connectivity index (χ0n) is 14.0. The third kappa shape index (κ3) is 3.94. The Kier molecular flexibility index (Phi) is 4.95. The van der Waals surface area contributed by atoms with Crippen LogP contribution in [0, 0.1) is 20.8 Å². The summed E-state index contributed by atoms with van der Waals surface area (Å²) >= 11 is 2.87. The summed E-state index contributed by atoms with van der Waals surface area (Å²) in [5.74, 6) is -0.722. The maximum Gasteiger partial charge on any atom is 0.281 e. The minimum absolute atomic E-state index is 0.0437. The predicted molar refractivity (Wildman–Crippen MR) is 97.5 cm³/mol. The number of hydrogen-bond acceptors (Lipinski definition) is 6. The molecule has 0 fully saturated rings. The van der Waals surface area contributed by atoms with Gasteiger partial charge in [0.15, 0.2) is 0 Å². The fourth-order valence-corrected chi connectivity index (χ4v) is 4.06. The zero-order chi connectivity index (χ0) is 18.0. The molecule has 0 spiro atoms. The van der Waals surface area contributed by atoms with Gasteiger partial charge in [-0.1, -0.05) is 6.07 Å². The largest absolute Gasteiger partial charge is 0.281 e. The molecule has 3 aromatic rings. The minimum Gasteiger partial charge on any atom is -0.271 e. The molecule has 0 aliphatic heterocycles. The Morgan fingerprint density at radius 2 is 2.04 bits per heavy atom. The Bertz CT molecular complexity index is 911. The Labute approximate surface area is 152 Å². The SMILES string of the molecule is Cc1cc(C)n(CC(=O)NNC(=O)c2sc(-c3cccs3)nc2C)n1. The summed E-state index contributed by atoms with van der Waals surface area (Å²) in [5, 5.41) is 6.98. The minimum atomic E-state index is -0.375. The van der Waals surface area contributed by atoms with Crippen molar-refractivity contribution >= 4 is 34.5 Å². The van der Waals surface area contributed by atoms with Gasteiger partial charge in [-0.15, -0.1) is 22.7 Å². The number of hydrogen-bond donors (Lipinski definition) is 2. The van der Waals surface area contributed by atoms with Crippen LogP contribution in [0.3, 0.4) is 0 Å². The second-order valence-electron chi connectivity index (χ2n) is 5.50. The van der Waals surface area contributed by atoms with Gasteiger partial charge in [-0.25, -0.2) is 4.98 Å². The molecular weight excluding hydrogens is 358 g/mol. The second kappa shape index (κ2) is 7.16. The highest BCUT2D eigenvalue weighted by Crippen LogP contribution is 2.30. The van der Waals surface area contributed by atoms with Crippen LogP contribution in [0.1, 0.15) is 26.8 Å². The van der Waals surface area contributed by atoms with Gasteiger partial charge >= 0.3 is 0 Å². The van der Waals surface area contributed by atoms with Crippen molar-refractivity contribution in [2.45, 2.75) is 27.3 Å². The number of carbonyl (C=O) groups excluding carboxylic acids is 2. The summed E-state index contributed by atoms with van der Waals surface area (Å²) in [4.78, 5) is 30.2. The lowest BCUT2D eigenvalue weighted by Gasteiger charge is -2.07. The molecule has 3 aromatic heterocycles. The number of nitrogens with one attached hydrogen (secondary N) is 2. The molecule has 0 bridgehead atoms. The maximum absolute atomic E-state index is 12.3. The molecule has 130 valence electrons. The molecule has 3 heterocycles.